The van der Waals surface area contributed by atoms with Gasteiger partial charge < -0.3 is 15.4 Å². The minimum Gasteiger partial charge on any atom is -0.387 e. The molecule has 0 atom stereocenters. The molecule has 0 aromatic carbocycles. The zero-order valence-electron chi connectivity index (χ0n) is 16.9. The van der Waals surface area contributed by atoms with Crippen LogP contribution in [0.1, 0.15) is 40.6 Å². The molecule has 3 aromatic heterocycles. The first-order valence-electron chi connectivity index (χ1n) is 9.61. The van der Waals surface area contributed by atoms with Gasteiger partial charge in [-0.3, -0.25) is 10.1 Å². The van der Waals surface area contributed by atoms with Gasteiger partial charge in [0.05, 0.1) is 35.7 Å². The van der Waals surface area contributed by atoms with Crippen LogP contribution in [0.5, 0.6) is 5.88 Å². The van der Waals surface area contributed by atoms with Crippen molar-refractivity contribution in [2.75, 3.05) is 17.7 Å². The zero-order valence-corrected chi connectivity index (χ0v) is 16.9. The number of hydrogen-bond acceptors (Lipinski definition) is 9. The van der Waals surface area contributed by atoms with Gasteiger partial charge in [-0.15, -0.1) is 0 Å². The molecule has 1 aliphatic rings. The summed E-state index contributed by atoms with van der Waals surface area (Å²) >= 11 is 0. The minimum absolute atomic E-state index is 0.00677. The lowest BCUT2D eigenvalue weighted by atomic mass is 10.2. The Kier molecular flexibility index (Phi) is 5.65. The number of hydrogen-bond donors (Lipinski definition) is 3. The zero-order chi connectivity index (χ0) is 21.8. The van der Waals surface area contributed by atoms with Crippen molar-refractivity contribution in [3.63, 3.8) is 0 Å². The number of carbonyl (C=O) groups is 2. The van der Waals surface area contributed by atoms with Gasteiger partial charge in [-0.1, -0.05) is 0 Å². The first kappa shape index (κ1) is 20.1. The number of nitrogens with one attached hydrogen (secondary N) is 3. The second-order valence-corrected chi connectivity index (χ2v) is 6.92. The van der Waals surface area contributed by atoms with E-state index in [9.17, 15) is 9.59 Å². The maximum atomic E-state index is 12.6. The first-order chi connectivity index (χ1) is 15.0. The summed E-state index contributed by atoms with van der Waals surface area (Å²) in [5.74, 6) is 0.129. The third-order valence-electron chi connectivity index (χ3n) is 4.48. The van der Waals surface area contributed by atoms with Crippen LogP contribution >= 0.6 is 0 Å². The second kappa shape index (κ2) is 8.69. The van der Waals surface area contributed by atoms with Gasteiger partial charge in [-0.2, -0.15) is 0 Å². The van der Waals surface area contributed by atoms with Crippen molar-refractivity contribution in [2.45, 2.75) is 25.7 Å². The van der Waals surface area contributed by atoms with E-state index >= 15 is 0 Å². The Balaban J connectivity index is 1.57. The third-order valence-corrected chi connectivity index (χ3v) is 4.48. The minimum atomic E-state index is -0.828. The van der Waals surface area contributed by atoms with Crippen molar-refractivity contribution in [1.29, 1.82) is 0 Å². The highest BCUT2D eigenvalue weighted by atomic mass is 16.6. The number of aryl methyl sites for hydroxylation is 1. The van der Waals surface area contributed by atoms with E-state index in [0.717, 1.165) is 18.5 Å². The molecule has 1 saturated carbocycles. The van der Waals surface area contributed by atoms with Crippen LogP contribution in [0.3, 0.4) is 0 Å². The molecule has 3 N–H and O–H groups in total. The average Bonchev–Trinajstić information content (AvgIpc) is 3.62. The van der Waals surface area contributed by atoms with Gasteiger partial charge >= 0.3 is 6.09 Å². The van der Waals surface area contributed by atoms with Crippen molar-refractivity contribution in [1.82, 2.24) is 30.2 Å². The number of ether oxygens (including phenoxy) is 1. The van der Waals surface area contributed by atoms with Crippen LogP contribution in [0.15, 0.2) is 37.1 Å². The molecule has 0 radical (unpaired) electrons. The molecule has 1 aliphatic carbocycles. The fraction of sp³-hybridized carbons (Fsp3) is 0.250. The Morgan fingerprint density at radius 1 is 1.10 bits per heavy atom. The maximum absolute atomic E-state index is 12.6. The highest BCUT2D eigenvalue weighted by Crippen LogP contribution is 2.40. The van der Waals surface area contributed by atoms with Gasteiger partial charge in [-0.25, -0.2) is 29.7 Å². The molecule has 2 amide bonds. The summed E-state index contributed by atoms with van der Waals surface area (Å²) in [6, 6.07) is 3.26. The molecule has 31 heavy (non-hydrogen) atoms. The standard InChI is InChI=1S/C20H20N8O3/c1-11-3-6-14(16(25-11)18(29)21-2)28-20(30)31-19-17(26-13-7-22-10-23-8-13)24-9-15(27-19)12-4-5-12/h3,6-10,12H,4-5H2,1-2H3,(H,21,29)(H,24,26)(H,28,30). The maximum Gasteiger partial charge on any atom is 0.418 e. The summed E-state index contributed by atoms with van der Waals surface area (Å²) in [5.41, 5.74) is 2.24. The van der Waals surface area contributed by atoms with Crippen LogP contribution in [0.2, 0.25) is 0 Å². The topological polar surface area (TPSA) is 144 Å². The van der Waals surface area contributed by atoms with E-state index in [1.807, 2.05) is 0 Å². The predicted octanol–water partition coefficient (Wildman–Crippen LogP) is 2.56. The van der Waals surface area contributed by atoms with Crippen LogP contribution in [0, 0.1) is 6.92 Å². The van der Waals surface area contributed by atoms with Crippen LogP contribution in [-0.2, 0) is 0 Å². The molecule has 0 unspecified atom stereocenters. The summed E-state index contributed by atoms with van der Waals surface area (Å²) in [4.78, 5) is 45.6. The highest BCUT2D eigenvalue weighted by Gasteiger charge is 2.27. The number of pyridine rings is 1. The third kappa shape index (κ3) is 4.89. The molecule has 3 heterocycles. The number of aromatic nitrogens is 5. The monoisotopic (exact) mass is 420 g/mol. The molecule has 0 spiro atoms. The first-order valence-corrected chi connectivity index (χ1v) is 9.61. The fourth-order valence-corrected chi connectivity index (χ4v) is 2.79. The Morgan fingerprint density at radius 2 is 1.87 bits per heavy atom. The van der Waals surface area contributed by atoms with Crippen molar-refractivity contribution in [2.24, 2.45) is 0 Å². The van der Waals surface area contributed by atoms with E-state index in [1.165, 1.54) is 13.4 Å². The number of carbonyl (C=O) groups excluding carboxylic acids is 2. The van der Waals surface area contributed by atoms with E-state index in [1.54, 1.807) is 37.6 Å². The van der Waals surface area contributed by atoms with Gasteiger partial charge in [0, 0.05) is 18.7 Å². The Bertz CT molecular complexity index is 1120. The molecule has 0 saturated heterocycles. The van der Waals surface area contributed by atoms with E-state index in [2.05, 4.69) is 40.9 Å². The SMILES string of the molecule is CNC(=O)c1nc(C)ccc1NC(=O)Oc1nc(C2CC2)cnc1Nc1cncnc1. The highest BCUT2D eigenvalue weighted by molar-refractivity contribution is 6.01. The van der Waals surface area contributed by atoms with Crippen LogP contribution in [0.25, 0.3) is 0 Å². The molecule has 11 heteroatoms. The Labute approximate surface area is 177 Å². The summed E-state index contributed by atoms with van der Waals surface area (Å²) in [5, 5.41) is 8.04. The van der Waals surface area contributed by atoms with E-state index in [0.29, 0.717) is 17.3 Å². The van der Waals surface area contributed by atoms with Crippen LogP contribution in [-0.4, -0.2) is 44.0 Å². The van der Waals surface area contributed by atoms with Crippen molar-refractivity contribution in [3.8, 4) is 5.88 Å². The molecule has 0 bridgehead atoms. The van der Waals surface area contributed by atoms with Crippen molar-refractivity contribution < 1.29 is 14.3 Å². The van der Waals surface area contributed by atoms with Crippen LogP contribution in [0.4, 0.5) is 22.0 Å². The molecule has 3 aromatic rings. The summed E-state index contributed by atoms with van der Waals surface area (Å²) in [7, 11) is 1.48. The lowest BCUT2D eigenvalue weighted by Crippen LogP contribution is -2.25. The molecule has 4 rings (SSSR count). The van der Waals surface area contributed by atoms with Crippen LogP contribution < -0.4 is 20.7 Å². The normalized spacial score (nSPS) is 12.7. The molecule has 11 nitrogen and oxygen atoms in total. The largest absolute Gasteiger partial charge is 0.418 e. The summed E-state index contributed by atoms with van der Waals surface area (Å²) < 4.78 is 5.45. The molecule has 0 aliphatic heterocycles. The quantitative estimate of drug-likeness (QED) is 0.548. The van der Waals surface area contributed by atoms with Crippen molar-refractivity contribution >= 4 is 29.2 Å². The average molecular weight is 420 g/mol. The molecule has 1 fully saturated rings. The van der Waals surface area contributed by atoms with E-state index < -0.39 is 12.0 Å². The Morgan fingerprint density at radius 3 is 2.58 bits per heavy atom. The van der Waals surface area contributed by atoms with E-state index in [4.69, 9.17) is 4.74 Å². The van der Waals surface area contributed by atoms with Gasteiger partial charge in [0.25, 0.3) is 11.8 Å². The van der Waals surface area contributed by atoms with Gasteiger partial charge in [0.2, 0.25) is 0 Å². The fourth-order valence-electron chi connectivity index (χ4n) is 2.79. The van der Waals surface area contributed by atoms with Gasteiger partial charge in [0.15, 0.2) is 11.5 Å². The number of rotatable bonds is 6. The molecular formula is C20H20N8O3. The molecule has 158 valence electrons. The van der Waals surface area contributed by atoms with Crippen molar-refractivity contribution in [3.05, 3.63) is 54.1 Å². The number of amides is 2. The second-order valence-electron chi connectivity index (χ2n) is 6.92. The predicted molar refractivity (Wildman–Crippen MR) is 111 cm³/mol. The summed E-state index contributed by atoms with van der Waals surface area (Å²) in [6.45, 7) is 1.75. The number of nitrogens with zero attached hydrogens (tertiary/aromatic N) is 5. The van der Waals surface area contributed by atoms with Gasteiger partial charge in [0.1, 0.15) is 6.33 Å². The lowest BCUT2D eigenvalue weighted by molar-refractivity contribution is 0.0959. The Hall–Kier alpha value is -4.15. The lowest BCUT2D eigenvalue weighted by Gasteiger charge is -2.13. The van der Waals surface area contributed by atoms with E-state index in [-0.39, 0.29) is 23.1 Å². The smallest absolute Gasteiger partial charge is 0.387 e. The molecular weight excluding hydrogens is 400 g/mol. The summed E-state index contributed by atoms with van der Waals surface area (Å²) in [6.07, 6.45) is 7.38. The number of anilines is 3. The van der Waals surface area contributed by atoms with Gasteiger partial charge in [-0.05, 0) is 31.9 Å².